The van der Waals surface area contributed by atoms with Gasteiger partial charge in [0.25, 0.3) is 0 Å². The van der Waals surface area contributed by atoms with Crippen molar-refractivity contribution in [2.75, 3.05) is 6.54 Å². The topological polar surface area (TPSA) is 59.2 Å². The molecule has 1 aliphatic rings. The number of thiophene rings is 1. The Balaban J connectivity index is 1.87. The monoisotopic (exact) mass is 319 g/mol. The van der Waals surface area contributed by atoms with Gasteiger partial charge < -0.3 is 9.42 Å². The molecule has 118 valence electrons. The van der Waals surface area contributed by atoms with Gasteiger partial charge in [0, 0.05) is 23.9 Å². The highest BCUT2D eigenvalue weighted by atomic mass is 32.1. The summed E-state index contributed by atoms with van der Waals surface area (Å²) >= 11 is 1.60. The SMILES string of the molecule is CC(C)CC(c1nc(-c2ccsc2)no1)N1CCCCC1=O. The first-order valence-electron chi connectivity index (χ1n) is 7.81. The first-order chi connectivity index (χ1) is 10.6. The molecule has 0 aliphatic carbocycles. The van der Waals surface area contributed by atoms with Crippen molar-refractivity contribution in [3.63, 3.8) is 0 Å². The van der Waals surface area contributed by atoms with Crippen molar-refractivity contribution < 1.29 is 9.32 Å². The van der Waals surface area contributed by atoms with Crippen molar-refractivity contribution >= 4 is 17.2 Å². The van der Waals surface area contributed by atoms with Gasteiger partial charge in [-0.2, -0.15) is 16.3 Å². The van der Waals surface area contributed by atoms with Crippen LogP contribution in [0.2, 0.25) is 0 Å². The van der Waals surface area contributed by atoms with Crippen molar-refractivity contribution in [1.82, 2.24) is 15.0 Å². The van der Waals surface area contributed by atoms with E-state index in [1.165, 1.54) is 0 Å². The van der Waals surface area contributed by atoms with E-state index in [4.69, 9.17) is 4.52 Å². The average molecular weight is 319 g/mol. The molecule has 0 saturated carbocycles. The molecule has 6 heteroatoms. The minimum absolute atomic E-state index is 0.104. The van der Waals surface area contributed by atoms with Gasteiger partial charge in [-0.3, -0.25) is 4.79 Å². The Morgan fingerprint density at radius 1 is 1.41 bits per heavy atom. The lowest BCUT2D eigenvalue weighted by molar-refractivity contribution is -0.137. The van der Waals surface area contributed by atoms with Gasteiger partial charge in [-0.1, -0.05) is 19.0 Å². The largest absolute Gasteiger partial charge is 0.337 e. The van der Waals surface area contributed by atoms with E-state index in [1.54, 1.807) is 11.3 Å². The fourth-order valence-corrected chi connectivity index (χ4v) is 3.48. The van der Waals surface area contributed by atoms with Gasteiger partial charge in [0.1, 0.15) is 6.04 Å². The Kier molecular flexibility index (Phi) is 4.57. The Labute approximate surface area is 134 Å². The fraction of sp³-hybridized carbons (Fsp3) is 0.562. The van der Waals surface area contributed by atoms with E-state index >= 15 is 0 Å². The molecule has 1 fully saturated rings. The van der Waals surface area contributed by atoms with Crippen molar-refractivity contribution in [3.8, 4) is 11.4 Å². The van der Waals surface area contributed by atoms with Gasteiger partial charge in [0.2, 0.25) is 17.6 Å². The van der Waals surface area contributed by atoms with Crippen LogP contribution in [0.25, 0.3) is 11.4 Å². The molecule has 0 radical (unpaired) electrons. The average Bonchev–Trinajstić information content (AvgIpc) is 3.16. The smallest absolute Gasteiger partial charge is 0.249 e. The third-order valence-electron chi connectivity index (χ3n) is 3.94. The van der Waals surface area contributed by atoms with Crippen molar-refractivity contribution in [2.24, 2.45) is 5.92 Å². The third-order valence-corrected chi connectivity index (χ3v) is 4.62. The molecule has 1 atom stereocenters. The molecule has 1 unspecified atom stereocenters. The second kappa shape index (κ2) is 6.60. The zero-order valence-corrected chi connectivity index (χ0v) is 13.8. The summed E-state index contributed by atoms with van der Waals surface area (Å²) in [5, 5.41) is 8.08. The number of hydrogen-bond acceptors (Lipinski definition) is 5. The third kappa shape index (κ3) is 3.21. The summed E-state index contributed by atoms with van der Waals surface area (Å²) in [5.41, 5.74) is 0.966. The van der Waals surface area contributed by atoms with Crippen molar-refractivity contribution in [2.45, 2.75) is 45.6 Å². The van der Waals surface area contributed by atoms with Crippen molar-refractivity contribution in [1.29, 1.82) is 0 Å². The lowest BCUT2D eigenvalue weighted by Crippen LogP contribution is -2.39. The van der Waals surface area contributed by atoms with Crippen LogP contribution in [0.5, 0.6) is 0 Å². The summed E-state index contributed by atoms with van der Waals surface area (Å²) in [6, 6.07) is 1.87. The molecular weight excluding hydrogens is 298 g/mol. The standard InChI is InChI=1S/C16H21N3O2S/c1-11(2)9-13(19-7-4-3-5-14(19)20)16-17-15(18-21-16)12-6-8-22-10-12/h6,8,10-11,13H,3-5,7,9H2,1-2H3. The number of aromatic nitrogens is 2. The molecule has 1 aliphatic heterocycles. The van der Waals surface area contributed by atoms with Crippen LogP contribution in [0.1, 0.15) is 51.5 Å². The van der Waals surface area contributed by atoms with E-state index in [0.29, 0.717) is 24.1 Å². The van der Waals surface area contributed by atoms with E-state index in [-0.39, 0.29) is 11.9 Å². The van der Waals surface area contributed by atoms with Crippen LogP contribution < -0.4 is 0 Å². The highest BCUT2D eigenvalue weighted by Crippen LogP contribution is 2.31. The van der Waals surface area contributed by atoms with Crippen LogP contribution in [-0.4, -0.2) is 27.5 Å². The molecular formula is C16H21N3O2S. The van der Waals surface area contributed by atoms with Gasteiger partial charge in [0.15, 0.2) is 0 Å². The van der Waals surface area contributed by atoms with E-state index in [2.05, 4.69) is 24.0 Å². The van der Waals surface area contributed by atoms with Crippen LogP contribution in [-0.2, 0) is 4.79 Å². The molecule has 3 rings (SSSR count). The normalized spacial score (nSPS) is 17.2. The van der Waals surface area contributed by atoms with E-state index in [1.807, 2.05) is 21.7 Å². The number of carbonyl (C=O) groups is 1. The molecule has 0 bridgehead atoms. The summed E-state index contributed by atoms with van der Waals surface area (Å²) in [4.78, 5) is 18.7. The number of piperidine rings is 1. The number of hydrogen-bond donors (Lipinski definition) is 0. The lowest BCUT2D eigenvalue weighted by atomic mass is 9.99. The summed E-state index contributed by atoms with van der Waals surface area (Å²) in [6.07, 6.45) is 3.50. The molecule has 2 aromatic heterocycles. The zero-order valence-electron chi connectivity index (χ0n) is 13.0. The van der Waals surface area contributed by atoms with E-state index in [9.17, 15) is 4.79 Å². The molecule has 0 aromatic carbocycles. The Morgan fingerprint density at radius 2 is 2.27 bits per heavy atom. The summed E-state index contributed by atoms with van der Waals surface area (Å²) < 4.78 is 5.50. The molecule has 2 aromatic rings. The highest BCUT2D eigenvalue weighted by molar-refractivity contribution is 7.08. The predicted molar refractivity (Wildman–Crippen MR) is 85.4 cm³/mol. The molecule has 1 amide bonds. The Hall–Kier alpha value is -1.69. The lowest BCUT2D eigenvalue weighted by Gasteiger charge is -2.33. The number of carbonyl (C=O) groups excluding carboxylic acids is 1. The Bertz CT molecular complexity index is 621. The maximum atomic E-state index is 12.3. The number of likely N-dealkylation sites (tertiary alicyclic amines) is 1. The first kappa shape index (κ1) is 15.2. The molecule has 22 heavy (non-hydrogen) atoms. The van der Waals surface area contributed by atoms with Crippen LogP contribution in [0.4, 0.5) is 0 Å². The minimum Gasteiger partial charge on any atom is -0.337 e. The maximum absolute atomic E-state index is 12.3. The second-order valence-electron chi connectivity index (χ2n) is 6.16. The molecule has 1 saturated heterocycles. The summed E-state index contributed by atoms with van der Waals surface area (Å²) in [6.45, 7) is 5.08. The van der Waals surface area contributed by atoms with Gasteiger partial charge in [-0.15, -0.1) is 0 Å². The summed E-state index contributed by atoms with van der Waals surface area (Å²) in [5.74, 6) is 1.82. The minimum atomic E-state index is -0.104. The molecule has 0 spiro atoms. The molecule has 0 N–H and O–H groups in total. The van der Waals surface area contributed by atoms with Crippen molar-refractivity contribution in [3.05, 3.63) is 22.7 Å². The predicted octanol–water partition coefficient (Wildman–Crippen LogP) is 3.90. The van der Waals surface area contributed by atoms with Gasteiger partial charge >= 0.3 is 0 Å². The fourth-order valence-electron chi connectivity index (χ4n) is 2.84. The number of rotatable bonds is 5. The number of amides is 1. The second-order valence-corrected chi connectivity index (χ2v) is 6.94. The van der Waals surface area contributed by atoms with E-state index in [0.717, 1.165) is 31.4 Å². The first-order valence-corrected chi connectivity index (χ1v) is 8.75. The van der Waals surface area contributed by atoms with Crippen LogP contribution >= 0.6 is 11.3 Å². The van der Waals surface area contributed by atoms with Gasteiger partial charge in [0.05, 0.1) is 0 Å². The summed E-state index contributed by atoms with van der Waals surface area (Å²) in [7, 11) is 0. The van der Waals surface area contributed by atoms with Gasteiger partial charge in [-0.25, -0.2) is 0 Å². The maximum Gasteiger partial charge on any atom is 0.249 e. The van der Waals surface area contributed by atoms with Gasteiger partial charge in [-0.05, 0) is 36.6 Å². The van der Waals surface area contributed by atoms with E-state index < -0.39 is 0 Å². The van der Waals surface area contributed by atoms with Crippen LogP contribution in [0, 0.1) is 5.92 Å². The molecule has 3 heterocycles. The zero-order chi connectivity index (χ0) is 15.5. The Morgan fingerprint density at radius 3 is 2.95 bits per heavy atom. The quantitative estimate of drug-likeness (QED) is 0.838. The number of nitrogens with zero attached hydrogens (tertiary/aromatic N) is 3. The van der Waals surface area contributed by atoms with Crippen LogP contribution in [0.15, 0.2) is 21.3 Å². The highest BCUT2D eigenvalue weighted by Gasteiger charge is 2.32. The van der Waals surface area contributed by atoms with Crippen LogP contribution in [0.3, 0.4) is 0 Å². The molecule has 5 nitrogen and oxygen atoms in total.